The predicted molar refractivity (Wildman–Crippen MR) is 94.7 cm³/mol. The molecule has 0 aliphatic carbocycles. The fraction of sp³-hybridized carbons (Fsp3) is 0.368. The molecule has 2 aliphatic rings. The van der Waals surface area contributed by atoms with Crippen molar-refractivity contribution in [3.05, 3.63) is 41.1 Å². The number of hydrogen-bond donors (Lipinski definition) is 1. The van der Waals surface area contributed by atoms with E-state index in [1.807, 2.05) is 0 Å². The Bertz CT molecular complexity index is 885. The van der Waals surface area contributed by atoms with E-state index in [-0.39, 0.29) is 17.0 Å². The maximum atomic E-state index is 12.6. The molecule has 1 N–H and O–H groups in total. The van der Waals surface area contributed by atoms with Crippen molar-refractivity contribution in [3.63, 3.8) is 0 Å². The average molecular weight is 372 g/mol. The van der Waals surface area contributed by atoms with Gasteiger partial charge < -0.3 is 14.8 Å². The lowest BCUT2D eigenvalue weighted by Gasteiger charge is -2.29. The predicted octanol–water partition coefficient (Wildman–Crippen LogP) is 2.21. The Morgan fingerprint density at radius 3 is 2.07 bits per heavy atom. The van der Waals surface area contributed by atoms with E-state index in [1.165, 1.54) is 30.9 Å². The number of anilines is 1. The molecule has 1 saturated heterocycles. The van der Waals surface area contributed by atoms with E-state index in [9.17, 15) is 19.2 Å². The zero-order valence-corrected chi connectivity index (χ0v) is 15.7. The summed E-state index contributed by atoms with van der Waals surface area (Å²) in [5.74, 6) is -3.68. The molecule has 2 heterocycles. The van der Waals surface area contributed by atoms with Gasteiger partial charge in [0.1, 0.15) is 0 Å². The fourth-order valence-corrected chi connectivity index (χ4v) is 2.87. The van der Waals surface area contributed by atoms with Crippen LogP contribution in [0.2, 0.25) is 0 Å². The minimum absolute atomic E-state index is 0.258. The number of carbonyl (C=O) groups excluding carboxylic acids is 4. The average Bonchev–Trinajstić information content (AvgIpc) is 2.76. The van der Waals surface area contributed by atoms with Crippen molar-refractivity contribution in [2.45, 2.75) is 45.9 Å². The summed E-state index contributed by atoms with van der Waals surface area (Å²) in [6.07, 6.45) is 1.16. The van der Waals surface area contributed by atoms with Crippen LogP contribution in [0.4, 0.5) is 5.69 Å². The molecule has 3 rings (SSSR count). The van der Waals surface area contributed by atoms with Crippen LogP contribution >= 0.6 is 0 Å². The van der Waals surface area contributed by atoms with E-state index >= 15 is 0 Å². The first-order valence-electron chi connectivity index (χ1n) is 8.37. The van der Waals surface area contributed by atoms with Crippen molar-refractivity contribution in [1.82, 2.24) is 4.90 Å². The maximum Gasteiger partial charge on any atom is 0.350 e. The second-order valence-electron chi connectivity index (χ2n) is 7.76. The normalized spacial score (nSPS) is 18.9. The SMILES string of the molecule is CC1(C)OC(=O)C(=CNc2ccc3c(c2)C(=O)N(C(C)(C)C)C3=O)C(=O)O1. The highest BCUT2D eigenvalue weighted by Gasteiger charge is 2.42. The number of ether oxygens (including phenoxy) is 2. The number of hydrogen-bond acceptors (Lipinski definition) is 7. The highest BCUT2D eigenvalue weighted by Crippen LogP contribution is 2.31. The van der Waals surface area contributed by atoms with Crippen LogP contribution < -0.4 is 5.32 Å². The third kappa shape index (κ3) is 3.30. The van der Waals surface area contributed by atoms with Gasteiger partial charge in [-0.1, -0.05) is 0 Å². The highest BCUT2D eigenvalue weighted by molar-refractivity contribution is 6.22. The summed E-state index contributed by atoms with van der Waals surface area (Å²) < 4.78 is 10.0. The van der Waals surface area contributed by atoms with E-state index in [0.29, 0.717) is 11.3 Å². The molecule has 142 valence electrons. The quantitative estimate of drug-likeness (QED) is 0.367. The van der Waals surface area contributed by atoms with Crippen molar-refractivity contribution in [1.29, 1.82) is 0 Å². The van der Waals surface area contributed by atoms with Crippen LogP contribution in [-0.4, -0.2) is 40.0 Å². The monoisotopic (exact) mass is 372 g/mol. The number of imide groups is 1. The first kappa shape index (κ1) is 18.6. The van der Waals surface area contributed by atoms with Crippen molar-refractivity contribution in [2.75, 3.05) is 5.32 Å². The molecule has 8 nitrogen and oxygen atoms in total. The Balaban J connectivity index is 1.85. The summed E-state index contributed by atoms with van der Waals surface area (Å²) in [7, 11) is 0. The maximum absolute atomic E-state index is 12.6. The Hall–Kier alpha value is -3.16. The van der Waals surface area contributed by atoms with Gasteiger partial charge in [-0.15, -0.1) is 0 Å². The number of nitrogens with one attached hydrogen (secondary N) is 1. The van der Waals surface area contributed by atoms with Gasteiger partial charge in [0.05, 0.1) is 11.1 Å². The lowest BCUT2D eigenvalue weighted by molar-refractivity contribution is -0.222. The second kappa shape index (κ2) is 5.94. The van der Waals surface area contributed by atoms with Crippen LogP contribution in [0.25, 0.3) is 0 Å². The number of esters is 2. The molecule has 0 unspecified atom stereocenters. The standard InChI is InChI=1S/C19H20N2O6/c1-18(2,3)21-14(22)11-7-6-10(8-12(11)15(21)23)20-9-13-16(24)26-19(4,5)27-17(13)25/h6-9,20H,1-5H3. The van der Waals surface area contributed by atoms with Gasteiger partial charge in [0, 0.05) is 31.3 Å². The van der Waals surface area contributed by atoms with Crippen LogP contribution in [-0.2, 0) is 19.1 Å². The van der Waals surface area contributed by atoms with Crippen LogP contribution in [0.5, 0.6) is 0 Å². The third-order valence-electron chi connectivity index (χ3n) is 4.06. The first-order valence-corrected chi connectivity index (χ1v) is 8.37. The molecular formula is C19H20N2O6. The molecule has 0 atom stereocenters. The molecule has 0 radical (unpaired) electrons. The molecule has 0 bridgehead atoms. The Morgan fingerprint density at radius 1 is 0.963 bits per heavy atom. The third-order valence-corrected chi connectivity index (χ3v) is 4.06. The Labute approximate surface area is 156 Å². The van der Waals surface area contributed by atoms with Crippen molar-refractivity contribution in [3.8, 4) is 0 Å². The summed E-state index contributed by atoms with van der Waals surface area (Å²) >= 11 is 0. The molecule has 1 aromatic rings. The number of benzene rings is 1. The number of rotatable bonds is 2. The molecule has 0 aromatic heterocycles. The largest absolute Gasteiger partial charge is 0.419 e. The van der Waals surface area contributed by atoms with E-state index in [0.717, 1.165) is 6.20 Å². The first-order chi connectivity index (χ1) is 12.4. The lowest BCUT2D eigenvalue weighted by atomic mass is 10.1. The summed E-state index contributed by atoms with van der Waals surface area (Å²) in [6, 6.07) is 4.61. The number of cyclic esters (lactones) is 2. The summed E-state index contributed by atoms with van der Waals surface area (Å²) in [5.41, 5.74) is 0.0577. The molecule has 8 heteroatoms. The zero-order chi connectivity index (χ0) is 20.1. The molecule has 0 saturated carbocycles. The van der Waals surface area contributed by atoms with Gasteiger partial charge in [0.25, 0.3) is 17.6 Å². The number of carbonyl (C=O) groups is 4. The van der Waals surface area contributed by atoms with Crippen LogP contribution in [0.1, 0.15) is 55.3 Å². The molecule has 1 fully saturated rings. The summed E-state index contributed by atoms with van der Waals surface area (Å²) in [4.78, 5) is 50.2. The zero-order valence-electron chi connectivity index (χ0n) is 15.7. The molecule has 1 aromatic carbocycles. The second-order valence-corrected chi connectivity index (χ2v) is 7.76. The van der Waals surface area contributed by atoms with Gasteiger partial charge in [-0.05, 0) is 39.0 Å². The summed E-state index contributed by atoms with van der Waals surface area (Å²) in [5, 5.41) is 2.78. The summed E-state index contributed by atoms with van der Waals surface area (Å²) in [6.45, 7) is 8.24. The molecule has 27 heavy (non-hydrogen) atoms. The van der Waals surface area contributed by atoms with Crippen molar-refractivity contribution < 1.29 is 28.7 Å². The molecule has 0 spiro atoms. The molecule has 2 aliphatic heterocycles. The van der Waals surface area contributed by atoms with Gasteiger partial charge in [-0.25, -0.2) is 9.59 Å². The minimum atomic E-state index is -1.32. The fourth-order valence-electron chi connectivity index (χ4n) is 2.87. The number of nitrogens with zero attached hydrogens (tertiary/aromatic N) is 1. The van der Waals surface area contributed by atoms with Crippen LogP contribution in [0.3, 0.4) is 0 Å². The highest BCUT2D eigenvalue weighted by atomic mass is 16.7. The van der Waals surface area contributed by atoms with Crippen LogP contribution in [0, 0.1) is 0 Å². The van der Waals surface area contributed by atoms with Crippen LogP contribution in [0.15, 0.2) is 30.0 Å². The minimum Gasteiger partial charge on any atom is -0.419 e. The van der Waals surface area contributed by atoms with Crippen molar-refractivity contribution in [2.24, 2.45) is 0 Å². The van der Waals surface area contributed by atoms with Gasteiger partial charge in [0.15, 0.2) is 5.57 Å². The van der Waals surface area contributed by atoms with Gasteiger partial charge in [0.2, 0.25) is 0 Å². The number of amides is 2. The topological polar surface area (TPSA) is 102 Å². The molecule has 2 amide bonds. The number of fused-ring (bicyclic) bond motifs is 1. The van der Waals surface area contributed by atoms with E-state index in [2.05, 4.69) is 5.32 Å². The van der Waals surface area contributed by atoms with E-state index in [1.54, 1.807) is 26.8 Å². The van der Waals surface area contributed by atoms with Gasteiger partial charge >= 0.3 is 11.9 Å². The van der Waals surface area contributed by atoms with Crippen molar-refractivity contribution >= 4 is 29.4 Å². The Morgan fingerprint density at radius 2 is 1.52 bits per heavy atom. The van der Waals surface area contributed by atoms with Gasteiger partial charge in [-0.3, -0.25) is 14.5 Å². The van der Waals surface area contributed by atoms with E-state index in [4.69, 9.17) is 9.47 Å². The lowest BCUT2D eigenvalue weighted by Crippen LogP contribution is -2.45. The molecular weight excluding hydrogens is 352 g/mol. The van der Waals surface area contributed by atoms with E-state index < -0.39 is 29.2 Å². The van der Waals surface area contributed by atoms with Gasteiger partial charge in [-0.2, -0.15) is 0 Å². The smallest absolute Gasteiger partial charge is 0.350 e. The Kier molecular flexibility index (Phi) is 4.09.